The van der Waals surface area contributed by atoms with Gasteiger partial charge in [0.2, 0.25) is 0 Å². The predicted octanol–water partition coefficient (Wildman–Crippen LogP) is 1.19. The molecule has 4 rings (SSSR count). The molecule has 184 valence electrons. The average Bonchev–Trinajstić information content (AvgIpc) is 3.28. The van der Waals surface area contributed by atoms with Gasteiger partial charge in [-0.3, -0.25) is 9.89 Å². The average molecular weight is 478 g/mol. The fraction of sp³-hybridized carbons (Fsp3) is 0.280. The zero-order chi connectivity index (χ0) is 24.6. The Morgan fingerprint density at radius 1 is 1.17 bits per heavy atom. The first-order chi connectivity index (χ1) is 17.0. The summed E-state index contributed by atoms with van der Waals surface area (Å²) in [5.74, 6) is 0.791. The third kappa shape index (κ3) is 6.31. The van der Waals surface area contributed by atoms with E-state index in [0.717, 1.165) is 41.1 Å². The van der Waals surface area contributed by atoms with E-state index in [1.165, 1.54) is 0 Å². The van der Waals surface area contributed by atoms with Crippen LogP contribution in [0.15, 0.2) is 71.4 Å². The number of aliphatic imine (C=N–C) groups is 1. The van der Waals surface area contributed by atoms with Crippen LogP contribution in [0.4, 0.5) is 10.5 Å². The number of hydrogen-bond acceptors (Lipinski definition) is 6. The summed E-state index contributed by atoms with van der Waals surface area (Å²) < 4.78 is 5.51. The Hall–Kier alpha value is -4.02. The van der Waals surface area contributed by atoms with Gasteiger partial charge in [-0.2, -0.15) is 0 Å². The highest BCUT2D eigenvalue weighted by atomic mass is 16.5. The minimum absolute atomic E-state index is 0.0415. The quantitative estimate of drug-likeness (QED) is 0.162. The lowest BCUT2D eigenvalue weighted by Gasteiger charge is -2.29. The van der Waals surface area contributed by atoms with Gasteiger partial charge in [0.15, 0.2) is 5.96 Å². The molecule has 2 aromatic carbocycles. The minimum Gasteiger partial charge on any atom is -0.491 e. The summed E-state index contributed by atoms with van der Waals surface area (Å²) in [5, 5.41) is 18.7. The van der Waals surface area contributed by atoms with Gasteiger partial charge in [0, 0.05) is 36.1 Å². The van der Waals surface area contributed by atoms with Crippen molar-refractivity contribution in [3.63, 3.8) is 0 Å². The summed E-state index contributed by atoms with van der Waals surface area (Å²) in [6.45, 7) is 2.32. The van der Waals surface area contributed by atoms with Crippen LogP contribution in [0.2, 0.25) is 0 Å². The van der Waals surface area contributed by atoms with Crippen molar-refractivity contribution in [2.24, 2.45) is 16.5 Å². The van der Waals surface area contributed by atoms with E-state index >= 15 is 0 Å². The van der Waals surface area contributed by atoms with Gasteiger partial charge in [-0.05, 0) is 48.9 Å². The predicted molar refractivity (Wildman–Crippen MR) is 136 cm³/mol. The highest BCUT2D eigenvalue weighted by Crippen LogP contribution is 2.29. The molecule has 35 heavy (non-hydrogen) atoms. The number of hydrogen-bond donors (Lipinski definition) is 6. The van der Waals surface area contributed by atoms with E-state index in [1.807, 2.05) is 60.8 Å². The van der Waals surface area contributed by atoms with Gasteiger partial charge in [-0.1, -0.05) is 24.3 Å². The highest BCUT2D eigenvalue weighted by Gasteiger charge is 2.31. The third-order valence-corrected chi connectivity index (χ3v) is 5.56. The fourth-order valence-electron chi connectivity index (χ4n) is 3.86. The van der Waals surface area contributed by atoms with Gasteiger partial charge in [0.05, 0.1) is 12.3 Å². The molecule has 0 saturated heterocycles. The Labute approximate surface area is 204 Å². The summed E-state index contributed by atoms with van der Waals surface area (Å²) in [5.41, 5.74) is 15.3. The van der Waals surface area contributed by atoms with Gasteiger partial charge in [0.1, 0.15) is 18.5 Å². The molecule has 2 aliphatic rings. The number of nitrogens with two attached hydrogens (primary N) is 2. The number of amides is 2. The summed E-state index contributed by atoms with van der Waals surface area (Å²) in [6.07, 6.45) is 4.43. The number of ether oxygens (including phenoxy) is 1. The Kier molecular flexibility index (Phi) is 7.86. The number of fused-ring (bicyclic) bond motifs is 1. The molecule has 10 nitrogen and oxygen atoms in total. The first kappa shape index (κ1) is 24.1. The fourth-order valence-corrected chi connectivity index (χ4v) is 3.86. The molecule has 0 aliphatic carbocycles. The number of guanidine groups is 1. The van der Waals surface area contributed by atoms with Crippen molar-refractivity contribution in [2.75, 3.05) is 31.2 Å². The Morgan fingerprint density at radius 3 is 2.77 bits per heavy atom. The van der Waals surface area contributed by atoms with Gasteiger partial charge >= 0.3 is 6.03 Å². The second-order valence-electron chi connectivity index (χ2n) is 8.19. The molecule has 10 heteroatoms. The second kappa shape index (κ2) is 11.4. The van der Waals surface area contributed by atoms with Crippen LogP contribution in [0.1, 0.15) is 17.5 Å². The highest BCUT2D eigenvalue weighted by molar-refractivity contribution is 5.96. The number of aliphatic hydroxyl groups is 1. The first-order valence-electron chi connectivity index (χ1n) is 11.5. The summed E-state index contributed by atoms with van der Waals surface area (Å²) in [7, 11) is 0. The van der Waals surface area contributed by atoms with E-state index < -0.39 is 0 Å². The minimum atomic E-state index is -0.293. The molecule has 1 atom stereocenters. The van der Waals surface area contributed by atoms with Crippen LogP contribution in [0.5, 0.6) is 5.75 Å². The van der Waals surface area contributed by atoms with Crippen molar-refractivity contribution in [2.45, 2.75) is 19.1 Å². The number of nitrogens with one attached hydrogen (secondary N) is 3. The molecule has 0 saturated carbocycles. The van der Waals surface area contributed by atoms with Gasteiger partial charge in [-0.15, -0.1) is 0 Å². The van der Waals surface area contributed by atoms with Gasteiger partial charge in [0.25, 0.3) is 0 Å². The maximum absolute atomic E-state index is 12.8. The van der Waals surface area contributed by atoms with Crippen LogP contribution in [0.3, 0.4) is 0 Å². The van der Waals surface area contributed by atoms with Crippen molar-refractivity contribution < 1.29 is 14.6 Å². The van der Waals surface area contributed by atoms with Crippen LogP contribution >= 0.6 is 0 Å². The number of rotatable bonds is 11. The van der Waals surface area contributed by atoms with Gasteiger partial charge < -0.3 is 37.3 Å². The SMILES string of the molecule is NC(N)=NCCCNCc1ccc(N2C=C3C=C(c4cccc(OCCO)c4)NC3NC2=O)cc1. The molecular formula is C25H31N7O3. The smallest absolute Gasteiger partial charge is 0.327 e. The molecule has 2 aromatic rings. The van der Waals surface area contributed by atoms with Crippen LogP contribution < -0.4 is 37.1 Å². The van der Waals surface area contributed by atoms with Gasteiger partial charge in [-0.25, -0.2) is 4.79 Å². The zero-order valence-corrected chi connectivity index (χ0v) is 19.4. The van der Waals surface area contributed by atoms with Crippen molar-refractivity contribution in [1.82, 2.24) is 16.0 Å². The molecule has 0 bridgehead atoms. The van der Waals surface area contributed by atoms with Crippen molar-refractivity contribution in [1.29, 1.82) is 0 Å². The number of nitrogens with zero attached hydrogens (tertiary/aromatic N) is 2. The molecule has 0 spiro atoms. The molecule has 2 amide bonds. The Morgan fingerprint density at radius 2 is 2.00 bits per heavy atom. The van der Waals surface area contributed by atoms with Crippen molar-refractivity contribution >= 4 is 23.4 Å². The summed E-state index contributed by atoms with van der Waals surface area (Å²) in [4.78, 5) is 18.4. The van der Waals surface area contributed by atoms with Crippen LogP contribution in [0, 0.1) is 0 Å². The lowest BCUT2D eigenvalue weighted by molar-refractivity contribution is 0.201. The largest absolute Gasteiger partial charge is 0.491 e. The Bertz CT molecular complexity index is 1120. The van der Waals surface area contributed by atoms with Crippen LogP contribution in [-0.4, -0.2) is 49.6 Å². The molecule has 2 aliphatic heterocycles. The monoisotopic (exact) mass is 477 g/mol. The molecule has 0 fully saturated rings. The topological polar surface area (TPSA) is 150 Å². The summed E-state index contributed by atoms with van der Waals surface area (Å²) in [6, 6.07) is 15.3. The molecule has 8 N–H and O–H groups in total. The van der Waals surface area contributed by atoms with Crippen LogP contribution in [0.25, 0.3) is 5.70 Å². The number of benzene rings is 2. The molecule has 0 aromatic heterocycles. The maximum atomic E-state index is 12.8. The second-order valence-corrected chi connectivity index (χ2v) is 8.19. The summed E-state index contributed by atoms with van der Waals surface area (Å²) >= 11 is 0. The molecule has 2 heterocycles. The lowest BCUT2D eigenvalue weighted by atomic mass is 10.1. The number of anilines is 1. The molecule has 1 unspecified atom stereocenters. The number of carbonyl (C=O) groups is 1. The van der Waals surface area contributed by atoms with Crippen molar-refractivity contribution in [3.05, 3.63) is 77.5 Å². The maximum Gasteiger partial charge on any atom is 0.327 e. The molecular weight excluding hydrogens is 446 g/mol. The number of aliphatic hydroxyl groups excluding tert-OH is 1. The van der Waals surface area contributed by atoms with E-state index in [2.05, 4.69) is 20.9 Å². The molecule has 0 radical (unpaired) electrons. The third-order valence-electron chi connectivity index (χ3n) is 5.56. The van der Waals surface area contributed by atoms with E-state index in [0.29, 0.717) is 18.8 Å². The lowest BCUT2D eigenvalue weighted by Crippen LogP contribution is -2.51. The van der Waals surface area contributed by atoms with E-state index in [1.54, 1.807) is 4.90 Å². The van der Waals surface area contributed by atoms with E-state index in [-0.39, 0.29) is 31.4 Å². The Balaban J connectivity index is 1.39. The number of urea groups is 1. The standard InChI is InChI=1S/C25H31N7O3/c26-24(27)29-10-2-9-28-15-17-5-7-20(8-6-17)32-16-19-14-22(30-23(19)31-25(32)34)18-3-1-4-21(13-18)35-12-11-33/h1,3-8,13-14,16,23,28,30,33H,2,9-12,15H2,(H,31,34)(H4,26,27,29). The number of carbonyl (C=O) groups excluding carboxylic acids is 1. The first-order valence-corrected chi connectivity index (χ1v) is 11.5. The zero-order valence-electron chi connectivity index (χ0n) is 19.4. The van der Waals surface area contributed by atoms with Crippen LogP contribution in [-0.2, 0) is 6.54 Å². The van der Waals surface area contributed by atoms with Crippen molar-refractivity contribution in [3.8, 4) is 5.75 Å². The van der Waals surface area contributed by atoms with E-state index in [9.17, 15) is 4.79 Å². The van der Waals surface area contributed by atoms with E-state index in [4.69, 9.17) is 21.3 Å². The normalized spacial score (nSPS) is 16.5.